The Hall–Kier alpha value is -2.03. The molecule has 1 heterocycles. The van der Waals surface area contributed by atoms with Crippen LogP contribution in [0.4, 0.5) is 0 Å². The highest BCUT2D eigenvalue weighted by Gasteiger charge is 2.51. The highest BCUT2D eigenvalue weighted by molar-refractivity contribution is 7.93. The van der Waals surface area contributed by atoms with Gasteiger partial charge in [-0.3, -0.25) is 0 Å². The second-order valence-corrected chi connectivity index (χ2v) is 10.5. The number of nitrogens with one attached hydrogen (secondary N) is 2. The molecule has 0 radical (unpaired) electrons. The Morgan fingerprint density at radius 3 is 1.21 bits per heavy atom. The maximum Gasteiger partial charge on any atom is 0.181 e. The summed E-state index contributed by atoms with van der Waals surface area (Å²) in [4.78, 5) is 0. The predicted molar refractivity (Wildman–Crippen MR) is 122 cm³/mol. The fourth-order valence-corrected chi connectivity index (χ4v) is 8.61. The molecule has 4 rings (SSSR count). The summed E-state index contributed by atoms with van der Waals surface area (Å²) < 4.78 is 2.75. The lowest BCUT2D eigenvalue weighted by atomic mass is 10.4. The molecule has 3 aromatic carbocycles. The highest BCUT2D eigenvalue weighted by atomic mass is 31.2. The van der Waals surface area contributed by atoms with Crippen molar-refractivity contribution in [2.24, 2.45) is 0 Å². The fourth-order valence-electron chi connectivity index (χ4n) is 4.12. The molecule has 4 heteroatoms. The first kappa shape index (κ1) is 19.3. The first-order valence-corrected chi connectivity index (χ1v) is 11.9. The molecule has 1 aliphatic heterocycles. The van der Waals surface area contributed by atoms with E-state index >= 15 is 0 Å². The van der Waals surface area contributed by atoms with Gasteiger partial charge in [0.15, 0.2) is 7.41 Å². The van der Waals surface area contributed by atoms with Crippen LogP contribution in [0.5, 0.6) is 0 Å². The van der Waals surface area contributed by atoms with Gasteiger partial charge in [0, 0.05) is 39.3 Å². The van der Waals surface area contributed by atoms with Gasteiger partial charge in [-0.25, -0.2) is 0 Å². The minimum absolute atomic E-state index is 1.01. The van der Waals surface area contributed by atoms with Gasteiger partial charge in [-0.1, -0.05) is 54.6 Å². The summed E-state index contributed by atoms with van der Waals surface area (Å²) in [6.45, 7) is 6.15. The van der Waals surface area contributed by atoms with Crippen molar-refractivity contribution in [3.63, 3.8) is 0 Å². The van der Waals surface area contributed by atoms with E-state index in [9.17, 15) is 0 Å². The summed E-state index contributed by atoms with van der Waals surface area (Å²) in [5.74, 6) is 0. The van der Waals surface area contributed by atoms with Crippen LogP contribution < -0.4 is 26.5 Å². The Morgan fingerprint density at radius 1 is 0.500 bits per heavy atom. The normalized spacial score (nSPS) is 16.7. The van der Waals surface area contributed by atoms with Crippen molar-refractivity contribution in [2.45, 2.75) is 0 Å². The standard InChI is InChI=1S/C24H29N3P/c1-4-10-22(11-5-1)28(23-12-6-2-7-13-23,24-14-8-3-9-15-24)27-20-18-25-16-17-26-19-21-27/h1-15,25-26H,16-21H2/q+1. The van der Waals surface area contributed by atoms with Crippen LogP contribution in [0, 0.1) is 0 Å². The molecule has 3 aromatic rings. The summed E-state index contributed by atoms with van der Waals surface area (Å²) >= 11 is 0. The molecule has 0 spiro atoms. The minimum atomic E-state index is -1.94. The van der Waals surface area contributed by atoms with Crippen molar-refractivity contribution in [3.05, 3.63) is 91.0 Å². The number of hydrogen-bond donors (Lipinski definition) is 2. The van der Waals surface area contributed by atoms with Crippen molar-refractivity contribution in [2.75, 3.05) is 39.3 Å². The average Bonchev–Trinajstić information content (AvgIpc) is 2.91. The van der Waals surface area contributed by atoms with E-state index in [1.165, 1.54) is 15.9 Å². The van der Waals surface area contributed by atoms with Gasteiger partial charge in [0.25, 0.3) is 0 Å². The third-order valence-corrected chi connectivity index (χ3v) is 9.77. The Bertz CT molecular complexity index is 733. The molecule has 1 aliphatic rings. The van der Waals surface area contributed by atoms with Crippen LogP contribution in [0.3, 0.4) is 0 Å². The zero-order valence-electron chi connectivity index (χ0n) is 16.3. The lowest BCUT2D eigenvalue weighted by Gasteiger charge is -2.36. The van der Waals surface area contributed by atoms with E-state index < -0.39 is 7.41 Å². The van der Waals surface area contributed by atoms with Gasteiger partial charge in [0.05, 0.1) is 0 Å². The third kappa shape index (κ3) is 3.90. The Kier molecular flexibility index (Phi) is 6.51. The van der Waals surface area contributed by atoms with Crippen molar-refractivity contribution < 1.29 is 0 Å². The highest BCUT2D eigenvalue weighted by Crippen LogP contribution is 2.58. The molecule has 28 heavy (non-hydrogen) atoms. The van der Waals surface area contributed by atoms with E-state index in [-0.39, 0.29) is 0 Å². The monoisotopic (exact) mass is 390 g/mol. The van der Waals surface area contributed by atoms with Gasteiger partial charge >= 0.3 is 0 Å². The molecule has 1 fully saturated rings. The zero-order chi connectivity index (χ0) is 19.1. The molecule has 0 unspecified atom stereocenters. The molecule has 0 aliphatic carbocycles. The third-order valence-electron chi connectivity index (χ3n) is 5.39. The van der Waals surface area contributed by atoms with Crippen LogP contribution in [0.25, 0.3) is 0 Å². The van der Waals surface area contributed by atoms with Crippen LogP contribution in [-0.4, -0.2) is 43.9 Å². The van der Waals surface area contributed by atoms with Crippen molar-refractivity contribution in [1.82, 2.24) is 15.3 Å². The molecule has 0 bridgehead atoms. The van der Waals surface area contributed by atoms with E-state index in [0.29, 0.717) is 0 Å². The van der Waals surface area contributed by atoms with Crippen LogP contribution in [0.2, 0.25) is 0 Å². The molecule has 2 N–H and O–H groups in total. The number of benzene rings is 3. The molecular formula is C24H29N3P+. The van der Waals surface area contributed by atoms with E-state index in [0.717, 1.165) is 39.3 Å². The molecule has 0 amide bonds. The Morgan fingerprint density at radius 2 is 0.857 bits per heavy atom. The van der Waals surface area contributed by atoms with Crippen LogP contribution in [-0.2, 0) is 0 Å². The minimum Gasteiger partial charge on any atom is -0.314 e. The second kappa shape index (κ2) is 9.45. The lowest BCUT2D eigenvalue weighted by Crippen LogP contribution is -2.46. The molecule has 0 saturated carbocycles. The summed E-state index contributed by atoms with van der Waals surface area (Å²) in [5, 5.41) is 11.5. The maximum absolute atomic E-state index is 3.60. The predicted octanol–water partition coefficient (Wildman–Crippen LogP) is 2.39. The first-order chi connectivity index (χ1) is 13.9. The summed E-state index contributed by atoms with van der Waals surface area (Å²) in [7, 11) is -1.94. The molecule has 1 saturated heterocycles. The van der Waals surface area contributed by atoms with Gasteiger partial charge in [0.2, 0.25) is 0 Å². The molecule has 144 valence electrons. The van der Waals surface area contributed by atoms with Gasteiger partial charge < -0.3 is 10.6 Å². The van der Waals surface area contributed by atoms with E-state index in [4.69, 9.17) is 0 Å². The number of nitrogens with zero attached hydrogens (tertiary/aromatic N) is 1. The SMILES string of the molecule is c1ccc([P+](c2ccccc2)(c2ccccc2)N2CCNCCNCC2)cc1. The van der Waals surface area contributed by atoms with Crippen LogP contribution >= 0.6 is 7.41 Å². The Labute approximate surface area is 169 Å². The van der Waals surface area contributed by atoms with Crippen LogP contribution in [0.15, 0.2) is 91.0 Å². The van der Waals surface area contributed by atoms with Crippen molar-refractivity contribution in [1.29, 1.82) is 0 Å². The van der Waals surface area contributed by atoms with Crippen molar-refractivity contribution in [3.8, 4) is 0 Å². The molecule has 0 atom stereocenters. The van der Waals surface area contributed by atoms with Gasteiger partial charge in [-0.2, -0.15) is 4.67 Å². The zero-order valence-corrected chi connectivity index (χ0v) is 17.2. The van der Waals surface area contributed by atoms with E-state index in [1.54, 1.807) is 0 Å². The fraction of sp³-hybridized carbons (Fsp3) is 0.250. The molecule has 3 nitrogen and oxygen atoms in total. The number of rotatable bonds is 4. The summed E-state index contributed by atoms with van der Waals surface area (Å²) in [6, 6.07) is 33.4. The average molecular weight is 390 g/mol. The van der Waals surface area contributed by atoms with E-state index in [2.05, 4.69) is 106 Å². The van der Waals surface area contributed by atoms with Crippen LogP contribution in [0.1, 0.15) is 0 Å². The Balaban J connectivity index is 1.94. The largest absolute Gasteiger partial charge is 0.314 e. The summed E-state index contributed by atoms with van der Waals surface area (Å²) in [6.07, 6.45) is 0. The molecule has 0 aromatic heterocycles. The smallest absolute Gasteiger partial charge is 0.181 e. The van der Waals surface area contributed by atoms with Gasteiger partial charge in [0.1, 0.15) is 15.9 Å². The van der Waals surface area contributed by atoms with Crippen molar-refractivity contribution >= 4 is 23.3 Å². The van der Waals surface area contributed by atoms with Gasteiger partial charge in [-0.05, 0) is 36.4 Å². The first-order valence-electron chi connectivity index (χ1n) is 10.1. The molecular weight excluding hydrogens is 361 g/mol. The topological polar surface area (TPSA) is 27.3 Å². The number of hydrogen-bond acceptors (Lipinski definition) is 3. The summed E-state index contributed by atoms with van der Waals surface area (Å²) in [5.41, 5.74) is 0. The quantitative estimate of drug-likeness (QED) is 0.670. The maximum atomic E-state index is 3.60. The lowest BCUT2D eigenvalue weighted by molar-refractivity contribution is 0.458. The second-order valence-electron chi connectivity index (χ2n) is 7.10. The van der Waals surface area contributed by atoms with Gasteiger partial charge in [-0.15, -0.1) is 0 Å². The van der Waals surface area contributed by atoms with E-state index in [1.807, 2.05) is 0 Å².